The van der Waals surface area contributed by atoms with Gasteiger partial charge in [0.05, 0.1) is 0 Å². The van der Waals surface area contributed by atoms with Crippen LogP contribution in [-0.2, 0) is 0 Å². The van der Waals surface area contributed by atoms with Gasteiger partial charge in [-0.1, -0.05) is 11.6 Å². The summed E-state index contributed by atoms with van der Waals surface area (Å²) in [6.07, 6.45) is 1.19. The number of nitrogens with zero attached hydrogens (tertiary/aromatic N) is 2. The zero-order chi connectivity index (χ0) is 11.8. The number of hydrogen-bond acceptors (Lipinski definition) is 4. The minimum atomic E-state index is -0.980. The highest BCUT2D eigenvalue weighted by Gasteiger charge is 2.43. The fourth-order valence-electron chi connectivity index (χ4n) is 2.59. The van der Waals surface area contributed by atoms with Gasteiger partial charge in [0.1, 0.15) is 6.10 Å². The number of ether oxygens (including phenoxy) is 1. The zero-order valence-corrected chi connectivity index (χ0v) is 9.90. The summed E-state index contributed by atoms with van der Waals surface area (Å²) in [6, 6.07) is 3.51. The van der Waals surface area contributed by atoms with Crippen LogP contribution in [0.5, 0.6) is 5.88 Å². The number of alkyl halides is 1. The van der Waals surface area contributed by atoms with Gasteiger partial charge in [-0.2, -0.15) is 0 Å². The van der Waals surface area contributed by atoms with Gasteiger partial charge in [-0.15, -0.1) is 10.2 Å². The van der Waals surface area contributed by atoms with Crippen LogP contribution in [0.25, 0.3) is 0 Å². The SMILES string of the molecule is F[C@H]1[C@@H]2CC[C@H](C[C@H]1Oc1ccc(Cl)nn1)N2. The molecule has 0 radical (unpaired) electrons. The summed E-state index contributed by atoms with van der Waals surface area (Å²) in [7, 11) is 0. The van der Waals surface area contributed by atoms with Crippen molar-refractivity contribution >= 4 is 11.6 Å². The monoisotopic (exact) mass is 257 g/mol. The van der Waals surface area contributed by atoms with E-state index in [-0.39, 0.29) is 6.04 Å². The van der Waals surface area contributed by atoms with Crippen molar-refractivity contribution in [3.63, 3.8) is 0 Å². The van der Waals surface area contributed by atoms with E-state index in [1.807, 2.05) is 0 Å². The second kappa shape index (κ2) is 4.38. The van der Waals surface area contributed by atoms with Crippen molar-refractivity contribution in [1.29, 1.82) is 0 Å². The van der Waals surface area contributed by atoms with Crippen LogP contribution in [0.4, 0.5) is 4.39 Å². The number of fused-ring (bicyclic) bond motifs is 2. The highest BCUT2D eigenvalue weighted by Crippen LogP contribution is 2.31. The first-order valence-corrected chi connectivity index (χ1v) is 6.16. The maximum absolute atomic E-state index is 14.0. The summed E-state index contributed by atoms with van der Waals surface area (Å²) in [5.41, 5.74) is 0. The van der Waals surface area contributed by atoms with Gasteiger partial charge in [0.25, 0.3) is 0 Å². The quantitative estimate of drug-likeness (QED) is 0.877. The normalized spacial score (nSPS) is 35.9. The molecule has 2 bridgehead atoms. The van der Waals surface area contributed by atoms with E-state index in [2.05, 4.69) is 15.5 Å². The minimum Gasteiger partial charge on any atom is -0.470 e. The fourth-order valence-corrected chi connectivity index (χ4v) is 2.69. The van der Waals surface area contributed by atoms with Crippen LogP contribution in [0.15, 0.2) is 12.1 Å². The molecule has 2 aliphatic rings. The number of hydrogen-bond donors (Lipinski definition) is 1. The molecule has 4 nitrogen and oxygen atoms in total. The van der Waals surface area contributed by atoms with Gasteiger partial charge in [-0.3, -0.25) is 0 Å². The fraction of sp³-hybridized carbons (Fsp3) is 0.636. The van der Waals surface area contributed by atoms with Crippen molar-refractivity contribution in [2.24, 2.45) is 0 Å². The maximum Gasteiger partial charge on any atom is 0.233 e. The third-order valence-corrected chi connectivity index (χ3v) is 3.61. The van der Waals surface area contributed by atoms with Crippen LogP contribution >= 0.6 is 11.6 Å². The van der Waals surface area contributed by atoms with E-state index in [1.54, 1.807) is 12.1 Å². The molecule has 0 amide bonds. The number of piperidine rings is 1. The molecule has 0 aliphatic carbocycles. The highest BCUT2D eigenvalue weighted by molar-refractivity contribution is 6.29. The first-order chi connectivity index (χ1) is 8.22. The van der Waals surface area contributed by atoms with Crippen LogP contribution in [0.2, 0.25) is 5.15 Å². The van der Waals surface area contributed by atoms with Crippen molar-refractivity contribution in [3.05, 3.63) is 17.3 Å². The average Bonchev–Trinajstić information content (AvgIpc) is 2.73. The standard InChI is InChI=1S/C11H13ClFN3O/c12-9-3-4-10(16-15-9)17-8-5-6-1-2-7(14-6)11(8)13/h3-4,6-8,11,14H,1-2,5H2/t6-,7+,8-,11+/m1/s1. The van der Waals surface area contributed by atoms with Crippen LogP contribution in [0.1, 0.15) is 19.3 Å². The summed E-state index contributed by atoms with van der Waals surface area (Å²) < 4.78 is 19.6. The first-order valence-electron chi connectivity index (χ1n) is 5.78. The Morgan fingerprint density at radius 3 is 3.00 bits per heavy atom. The molecule has 0 spiro atoms. The van der Waals surface area contributed by atoms with E-state index in [9.17, 15) is 4.39 Å². The Bertz CT molecular complexity index is 402. The number of rotatable bonds is 2. The van der Waals surface area contributed by atoms with Gasteiger partial charge in [-0.05, 0) is 18.9 Å². The van der Waals surface area contributed by atoms with E-state index in [1.165, 1.54) is 0 Å². The number of halogens is 2. The van der Waals surface area contributed by atoms with Crippen LogP contribution in [0, 0.1) is 0 Å². The molecule has 6 heteroatoms. The topological polar surface area (TPSA) is 47.0 Å². The molecule has 2 saturated heterocycles. The van der Waals surface area contributed by atoms with Crippen molar-refractivity contribution in [2.45, 2.75) is 43.6 Å². The predicted octanol–water partition coefficient (Wildman–Crippen LogP) is 1.74. The summed E-state index contributed by atoms with van der Waals surface area (Å²) in [5, 5.41) is 11.0. The average molecular weight is 258 g/mol. The Hall–Kier alpha value is -0.940. The van der Waals surface area contributed by atoms with E-state index < -0.39 is 12.3 Å². The zero-order valence-electron chi connectivity index (χ0n) is 9.14. The van der Waals surface area contributed by atoms with Gasteiger partial charge in [0.2, 0.25) is 5.88 Å². The molecule has 2 fully saturated rings. The Balaban J connectivity index is 1.70. The van der Waals surface area contributed by atoms with Gasteiger partial charge in [-0.25, -0.2) is 4.39 Å². The summed E-state index contributed by atoms with van der Waals surface area (Å²) >= 11 is 5.63. The third-order valence-electron chi connectivity index (χ3n) is 3.41. The summed E-state index contributed by atoms with van der Waals surface area (Å²) in [6.45, 7) is 0. The molecule has 1 aromatic rings. The van der Waals surface area contributed by atoms with E-state index in [4.69, 9.17) is 16.3 Å². The largest absolute Gasteiger partial charge is 0.470 e. The van der Waals surface area contributed by atoms with Gasteiger partial charge < -0.3 is 10.1 Å². The molecular weight excluding hydrogens is 245 g/mol. The lowest BCUT2D eigenvalue weighted by Crippen LogP contribution is -2.51. The minimum absolute atomic E-state index is 0.0704. The Morgan fingerprint density at radius 1 is 1.35 bits per heavy atom. The highest BCUT2D eigenvalue weighted by atomic mass is 35.5. The van der Waals surface area contributed by atoms with Crippen molar-refractivity contribution < 1.29 is 9.13 Å². The van der Waals surface area contributed by atoms with Crippen molar-refractivity contribution in [1.82, 2.24) is 15.5 Å². The number of nitrogens with one attached hydrogen (secondary N) is 1. The van der Waals surface area contributed by atoms with Crippen LogP contribution < -0.4 is 10.1 Å². The lowest BCUT2D eigenvalue weighted by molar-refractivity contribution is 0.0421. The lowest BCUT2D eigenvalue weighted by atomic mass is 10.0. The molecule has 1 N–H and O–H groups in total. The van der Waals surface area contributed by atoms with Gasteiger partial charge in [0, 0.05) is 24.6 Å². The molecule has 1 aromatic heterocycles. The molecule has 2 aliphatic heterocycles. The maximum atomic E-state index is 14.0. The molecule has 0 unspecified atom stereocenters. The van der Waals surface area contributed by atoms with Crippen LogP contribution in [0.3, 0.4) is 0 Å². The molecule has 3 heterocycles. The molecule has 0 saturated carbocycles. The Morgan fingerprint density at radius 2 is 2.24 bits per heavy atom. The van der Waals surface area contributed by atoms with Gasteiger partial charge in [0.15, 0.2) is 11.3 Å². The lowest BCUT2D eigenvalue weighted by Gasteiger charge is -2.32. The Labute approximate surface area is 104 Å². The molecule has 17 heavy (non-hydrogen) atoms. The molecule has 3 rings (SSSR count). The molecule has 92 valence electrons. The second-order valence-electron chi connectivity index (χ2n) is 4.58. The van der Waals surface area contributed by atoms with E-state index >= 15 is 0 Å². The third kappa shape index (κ3) is 2.21. The first kappa shape index (κ1) is 11.2. The van der Waals surface area contributed by atoms with E-state index in [0.29, 0.717) is 23.5 Å². The molecule has 4 atom stereocenters. The van der Waals surface area contributed by atoms with Crippen molar-refractivity contribution in [2.75, 3.05) is 0 Å². The van der Waals surface area contributed by atoms with E-state index in [0.717, 1.165) is 12.8 Å². The summed E-state index contributed by atoms with van der Waals surface area (Å²) in [5.74, 6) is 0.336. The number of aromatic nitrogens is 2. The molecule has 0 aromatic carbocycles. The predicted molar refractivity (Wildman–Crippen MR) is 60.9 cm³/mol. The molecular formula is C11H13ClFN3O. The van der Waals surface area contributed by atoms with Crippen LogP contribution in [-0.4, -0.2) is 34.6 Å². The van der Waals surface area contributed by atoms with Gasteiger partial charge >= 0.3 is 0 Å². The Kier molecular flexibility index (Phi) is 2.88. The van der Waals surface area contributed by atoms with Crippen molar-refractivity contribution in [3.8, 4) is 5.88 Å². The summed E-state index contributed by atoms with van der Waals surface area (Å²) in [4.78, 5) is 0. The smallest absolute Gasteiger partial charge is 0.233 e. The second-order valence-corrected chi connectivity index (χ2v) is 4.97.